The van der Waals surface area contributed by atoms with E-state index in [9.17, 15) is 40.7 Å². The molecule has 0 radical (unpaired) electrons. The lowest BCUT2D eigenvalue weighted by molar-refractivity contribution is -0.169. The Morgan fingerprint density at radius 3 is 2.16 bits per heavy atom. The maximum Gasteiger partial charge on any atom is 0.416 e. The Balaban J connectivity index is 1.58. The summed E-state index contributed by atoms with van der Waals surface area (Å²) in [5.41, 5.74) is 2.77. The van der Waals surface area contributed by atoms with Gasteiger partial charge in [-0.25, -0.2) is 4.79 Å². The van der Waals surface area contributed by atoms with Gasteiger partial charge in [0.2, 0.25) is 11.8 Å². The van der Waals surface area contributed by atoms with Crippen LogP contribution in [0.5, 0.6) is 0 Å². The molecule has 2 aromatic carbocycles. The number of nitrogens with zero attached hydrogens (tertiary/aromatic N) is 3. The van der Waals surface area contributed by atoms with E-state index in [1.54, 1.807) is 24.3 Å². The molecule has 0 bridgehead atoms. The Kier molecular flexibility index (Phi) is 9.79. The van der Waals surface area contributed by atoms with Crippen molar-refractivity contribution in [1.82, 2.24) is 14.7 Å². The van der Waals surface area contributed by atoms with Crippen LogP contribution >= 0.6 is 11.6 Å². The van der Waals surface area contributed by atoms with Gasteiger partial charge in [0.05, 0.1) is 17.7 Å². The van der Waals surface area contributed by atoms with Crippen molar-refractivity contribution in [3.05, 3.63) is 69.7 Å². The quantitative estimate of drug-likeness (QED) is 0.309. The van der Waals surface area contributed by atoms with Gasteiger partial charge in [-0.3, -0.25) is 14.5 Å². The van der Waals surface area contributed by atoms with Crippen LogP contribution in [0.3, 0.4) is 0 Å². The highest BCUT2D eigenvalue weighted by molar-refractivity contribution is 6.30. The van der Waals surface area contributed by atoms with E-state index >= 15 is 0 Å². The number of carbonyl (C=O) groups is 3. The molecule has 0 aliphatic carbocycles. The van der Waals surface area contributed by atoms with Crippen molar-refractivity contribution in [2.45, 2.75) is 63.4 Å². The van der Waals surface area contributed by atoms with Gasteiger partial charge in [0.1, 0.15) is 18.8 Å². The number of carbonyl (C=O) groups excluding carboxylic acids is 3. The summed E-state index contributed by atoms with van der Waals surface area (Å²) in [6, 6.07) is 6.81. The number of piperazine rings is 1. The fourth-order valence-corrected chi connectivity index (χ4v) is 5.36. The molecule has 2 aliphatic heterocycles. The molecule has 4 rings (SSSR count). The molecule has 0 saturated carbocycles. The van der Waals surface area contributed by atoms with Crippen LogP contribution in [0.4, 0.5) is 31.1 Å². The number of halogens is 7. The van der Waals surface area contributed by atoms with Gasteiger partial charge in [-0.15, -0.1) is 0 Å². The van der Waals surface area contributed by atoms with Crippen molar-refractivity contribution >= 4 is 29.5 Å². The minimum atomic E-state index is -5.06. The molecule has 2 aliphatic rings. The average Bonchev–Trinajstić information content (AvgIpc) is 2.94. The zero-order valence-corrected chi connectivity index (χ0v) is 23.5. The largest absolute Gasteiger partial charge is 0.444 e. The van der Waals surface area contributed by atoms with Crippen LogP contribution < -0.4 is 5.73 Å². The molecule has 2 aromatic rings. The summed E-state index contributed by atoms with van der Waals surface area (Å²) in [5.74, 6) is -0.686. The van der Waals surface area contributed by atoms with E-state index in [1.165, 1.54) is 14.7 Å². The molecular weight excluding hydrogens is 606 g/mol. The van der Waals surface area contributed by atoms with Crippen LogP contribution in [-0.2, 0) is 39.8 Å². The predicted molar refractivity (Wildman–Crippen MR) is 142 cm³/mol. The first kappa shape index (κ1) is 32.4. The standard InChI is InChI=1S/C28H29ClF6N4O4/c29-21-6-4-17(5-7-21)14-37-15-23-38(10-8-24(40)39(23)22(25(37)41)3-1-2-9-36)26(42)43-16-18-11-19(27(30,31)32)13-20(12-18)28(33,34)35/h4-7,11-13,22-23H,1-3,8-10,14-16,36H2/t22-,23+/m0/s1. The molecule has 3 amide bonds. The topological polar surface area (TPSA) is 96.2 Å². The Morgan fingerprint density at radius 2 is 1.58 bits per heavy atom. The number of unbranched alkanes of at least 4 members (excludes halogenated alkanes) is 1. The number of nitrogens with two attached hydrogens (primary N) is 1. The van der Waals surface area contributed by atoms with Crippen molar-refractivity contribution in [2.75, 3.05) is 19.6 Å². The highest BCUT2D eigenvalue weighted by Gasteiger charge is 2.49. The molecule has 0 spiro atoms. The number of benzene rings is 2. The minimum absolute atomic E-state index is 0.0153. The Labute approximate surface area is 248 Å². The van der Waals surface area contributed by atoms with E-state index in [0.717, 1.165) is 5.56 Å². The van der Waals surface area contributed by atoms with E-state index in [4.69, 9.17) is 22.1 Å². The molecule has 15 heteroatoms. The van der Waals surface area contributed by atoms with E-state index < -0.39 is 54.0 Å². The van der Waals surface area contributed by atoms with Crippen LogP contribution in [0.1, 0.15) is 47.9 Å². The second-order valence-electron chi connectivity index (χ2n) is 10.3. The predicted octanol–water partition coefficient (Wildman–Crippen LogP) is 5.41. The second-order valence-corrected chi connectivity index (χ2v) is 10.8. The van der Waals surface area contributed by atoms with Gasteiger partial charge in [-0.2, -0.15) is 26.3 Å². The monoisotopic (exact) mass is 634 g/mol. The molecule has 234 valence electrons. The van der Waals surface area contributed by atoms with Gasteiger partial charge in [-0.05, 0) is 67.3 Å². The van der Waals surface area contributed by atoms with Crippen molar-refractivity contribution in [3.63, 3.8) is 0 Å². The van der Waals surface area contributed by atoms with Crippen LogP contribution in [0.2, 0.25) is 5.02 Å². The molecule has 0 aromatic heterocycles. The molecular formula is C28H29ClF6N4O4. The maximum atomic E-state index is 13.6. The molecule has 43 heavy (non-hydrogen) atoms. The average molecular weight is 635 g/mol. The first-order chi connectivity index (χ1) is 20.2. The van der Waals surface area contributed by atoms with Crippen molar-refractivity contribution in [2.24, 2.45) is 5.73 Å². The van der Waals surface area contributed by atoms with Crippen LogP contribution in [0, 0.1) is 0 Å². The van der Waals surface area contributed by atoms with Gasteiger partial charge in [0.15, 0.2) is 0 Å². The highest BCUT2D eigenvalue weighted by Crippen LogP contribution is 2.37. The lowest BCUT2D eigenvalue weighted by atomic mass is 9.98. The summed E-state index contributed by atoms with van der Waals surface area (Å²) in [7, 11) is 0. The number of alkyl halides is 6. The number of ether oxygens (including phenoxy) is 1. The number of rotatable bonds is 8. The van der Waals surface area contributed by atoms with Crippen molar-refractivity contribution in [3.8, 4) is 0 Å². The molecule has 2 heterocycles. The SMILES string of the molecule is NCCCC[C@H]1C(=O)N(Cc2ccc(Cl)cc2)C[C@@H]2N(C(=O)OCc3cc(C(F)(F)F)cc(C(F)(F)F)c3)CCC(=O)N21. The van der Waals surface area contributed by atoms with E-state index in [-0.39, 0.29) is 50.4 Å². The first-order valence-corrected chi connectivity index (χ1v) is 13.8. The normalized spacial score (nSPS) is 19.5. The minimum Gasteiger partial charge on any atom is -0.444 e. The lowest BCUT2D eigenvalue weighted by Crippen LogP contribution is -2.71. The van der Waals surface area contributed by atoms with Crippen LogP contribution in [0.25, 0.3) is 0 Å². The Morgan fingerprint density at radius 1 is 0.953 bits per heavy atom. The number of amides is 3. The van der Waals surface area contributed by atoms with Gasteiger partial charge < -0.3 is 20.3 Å². The third-order valence-electron chi connectivity index (χ3n) is 7.31. The fraction of sp³-hybridized carbons (Fsp3) is 0.464. The second kappa shape index (κ2) is 13.0. The lowest BCUT2D eigenvalue weighted by Gasteiger charge is -2.52. The molecule has 8 nitrogen and oxygen atoms in total. The van der Waals surface area contributed by atoms with Crippen LogP contribution in [0.15, 0.2) is 42.5 Å². The van der Waals surface area contributed by atoms with Gasteiger partial charge >= 0.3 is 18.4 Å². The third-order valence-corrected chi connectivity index (χ3v) is 7.57. The molecule has 2 N–H and O–H groups in total. The maximum absolute atomic E-state index is 13.6. The molecule has 0 unspecified atom stereocenters. The number of fused-ring (bicyclic) bond motifs is 1. The van der Waals surface area contributed by atoms with E-state index in [0.29, 0.717) is 36.5 Å². The number of hydrogen-bond acceptors (Lipinski definition) is 5. The molecule has 2 saturated heterocycles. The smallest absolute Gasteiger partial charge is 0.416 e. The Hall–Kier alpha value is -3.52. The zero-order valence-electron chi connectivity index (χ0n) is 22.8. The zero-order chi connectivity index (χ0) is 31.5. The summed E-state index contributed by atoms with van der Waals surface area (Å²) in [4.78, 5) is 43.9. The van der Waals surface area contributed by atoms with Crippen LogP contribution in [-0.4, -0.2) is 64.4 Å². The summed E-state index contributed by atoms with van der Waals surface area (Å²) in [6.45, 7) is -0.562. The summed E-state index contributed by atoms with van der Waals surface area (Å²) >= 11 is 5.97. The molecule has 2 atom stereocenters. The van der Waals surface area contributed by atoms with E-state index in [2.05, 4.69) is 0 Å². The summed E-state index contributed by atoms with van der Waals surface area (Å²) in [5, 5.41) is 0.495. The van der Waals surface area contributed by atoms with Gasteiger partial charge in [-0.1, -0.05) is 23.7 Å². The fourth-order valence-electron chi connectivity index (χ4n) is 5.24. The van der Waals surface area contributed by atoms with Crippen molar-refractivity contribution in [1.29, 1.82) is 0 Å². The highest BCUT2D eigenvalue weighted by atomic mass is 35.5. The summed E-state index contributed by atoms with van der Waals surface area (Å²) in [6.07, 6.45) is -10.9. The Bertz CT molecular complexity index is 1310. The van der Waals surface area contributed by atoms with Gasteiger partial charge in [0, 0.05) is 24.5 Å². The van der Waals surface area contributed by atoms with Gasteiger partial charge in [0.25, 0.3) is 0 Å². The van der Waals surface area contributed by atoms with E-state index in [1.807, 2.05) is 0 Å². The number of hydrogen-bond donors (Lipinski definition) is 1. The third kappa shape index (κ3) is 7.71. The summed E-state index contributed by atoms with van der Waals surface area (Å²) < 4.78 is 84.8. The first-order valence-electron chi connectivity index (χ1n) is 13.4. The molecule has 2 fully saturated rings. The van der Waals surface area contributed by atoms with Crippen molar-refractivity contribution < 1.29 is 45.5 Å².